The Morgan fingerprint density at radius 3 is 2.38 bits per heavy atom. The minimum Gasteiger partial charge on any atom is -0.493 e. The molecule has 8 heteroatoms. The van der Waals surface area contributed by atoms with E-state index in [1.165, 1.54) is 30.5 Å². The zero-order chi connectivity index (χ0) is 24.2. The van der Waals surface area contributed by atoms with Crippen molar-refractivity contribution in [2.75, 3.05) is 25.3 Å². The molecular weight excluding hydrogens is 450 g/mol. The van der Waals surface area contributed by atoms with E-state index >= 15 is 0 Å². The van der Waals surface area contributed by atoms with Gasteiger partial charge < -0.3 is 14.8 Å². The molecule has 1 amide bonds. The van der Waals surface area contributed by atoms with E-state index in [-0.39, 0.29) is 17.2 Å². The summed E-state index contributed by atoms with van der Waals surface area (Å²) < 4.78 is 12.3. The molecule has 0 aliphatic heterocycles. The quantitative estimate of drug-likeness (QED) is 0.307. The summed E-state index contributed by atoms with van der Waals surface area (Å²) >= 11 is 1.20. The van der Waals surface area contributed by atoms with Gasteiger partial charge in [-0.05, 0) is 43.7 Å². The van der Waals surface area contributed by atoms with Gasteiger partial charge in [0.15, 0.2) is 16.7 Å². The van der Waals surface area contributed by atoms with Crippen LogP contribution in [0.5, 0.6) is 11.5 Å². The van der Waals surface area contributed by atoms with Crippen LogP contribution in [0.15, 0.2) is 70.6 Å². The summed E-state index contributed by atoms with van der Waals surface area (Å²) in [5, 5.41) is 3.74. The minimum atomic E-state index is -0.255. The molecular formula is C26H25N3O4S. The Balaban J connectivity index is 1.72. The van der Waals surface area contributed by atoms with E-state index in [2.05, 4.69) is 5.32 Å². The molecule has 0 atom stereocenters. The Labute approximate surface area is 201 Å². The number of methoxy groups -OCH3 is 2. The predicted molar refractivity (Wildman–Crippen MR) is 136 cm³/mol. The summed E-state index contributed by atoms with van der Waals surface area (Å²) in [6.07, 6.45) is 0. The zero-order valence-corrected chi connectivity index (χ0v) is 20.2. The fourth-order valence-electron chi connectivity index (χ4n) is 3.66. The van der Waals surface area contributed by atoms with Crippen molar-refractivity contribution in [1.82, 2.24) is 9.55 Å². The van der Waals surface area contributed by atoms with Crippen LogP contribution in [0.25, 0.3) is 16.6 Å². The number of nitrogens with one attached hydrogen (secondary N) is 1. The number of anilines is 1. The lowest BCUT2D eigenvalue weighted by Crippen LogP contribution is -2.23. The third kappa shape index (κ3) is 4.77. The van der Waals surface area contributed by atoms with Crippen molar-refractivity contribution in [3.8, 4) is 17.2 Å². The molecule has 0 bridgehead atoms. The highest BCUT2D eigenvalue weighted by Gasteiger charge is 2.18. The number of aryl methyl sites for hydroxylation is 2. The van der Waals surface area contributed by atoms with Crippen LogP contribution in [-0.2, 0) is 4.79 Å². The van der Waals surface area contributed by atoms with E-state index < -0.39 is 0 Å². The number of fused-ring (bicyclic) bond motifs is 1. The van der Waals surface area contributed by atoms with E-state index in [1.54, 1.807) is 12.1 Å². The van der Waals surface area contributed by atoms with Crippen molar-refractivity contribution in [3.05, 3.63) is 82.1 Å². The van der Waals surface area contributed by atoms with Crippen LogP contribution in [-0.4, -0.2) is 35.4 Å². The second-order valence-corrected chi connectivity index (χ2v) is 8.69. The summed E-state index contributed by atoms with van der Waals surface area (Å²) in [5.41, 5.74) is 3.75. The Kier molecular flexibility index (Phi) is 6.88. The standard InChI is InChI=1S/C26H25N3O4S/c1-16-10-11-20(17(2)12-16)27-24(30)15-34-26-28-21-14-23(33-4)22(32-3)13-19(21)25(31)29(26)18-8-6-5-7-9-18/h5-14H,15H2,1-4H3,(H,27,30). The molecule has 7 nitrogen and oxygen atoms in total. The molecule has 0 spiro atoms. The molecule has 34 heavy (non-hydrogen) atoms. The lowest BCUT2D eigenvalue weighted by atomic mass is 10.1. The number of carbonyl (C=O) groups excluding carboxylic acids is 1. The van der Waals surface area contributed by atoms with Crippen molar-refractivity contribution >= 4 is 34.3 Å². The number of carbonyl (C=O) groups is 1. The lowest BCUT2D eigenvalue weighted by Gasteiger charge is -2.15. The molecule has 0 fully saturated rings. The zero-order valence-electron chi connectivity index (χ0n) is 19.4. The topological polar surface area (TPSA) is 82.5 Å². The number of aromatic nitrogens is 2. The van der Waals surface area contributed by atoms with Gasteiger partial charge in [-0.3, -0.25) is 14.2 Å². The van der Waals surface area contributed by atoms with Crippen LogP contribution in [0.3, 0.4) is 0 Å². The van der Waals surface area contributed by atoms with Crippen LogP contribution in [0.4, 0.5) is 5.69 Å². The molecule has 0 radical (unpaired) electrons. The number of hydrogen-bond acceptors (Lipinski definition) is 6. The van der Waals surface area contributed by atoms with E-state index in [0.717, 1.165) is 16.8 Å². The number of para-hydroxylation sites is 1. The molecule has 1 heterocycles. The highest BCUT2D eigenvalue weighted by Crippen LogP contribution is 2.31. The molecule has 0 saturated carbocycles. The third-order valence-electron chi connectivity index (χ3n) is 5.35. The van der Waals surface area contributed by atoms with E-state index in [4.69, 9.17) is 14.5 Å². The maximum absolute atomic E-state index is 13.5. The fraction of sp³-hybridized carbons (Fsp3) is 0.192. The molecule has 4 aromatic rings. The van der Waals surface area contributed by atoms with E-state index in [9.17, 15) is 9.59 Å². The number of benzene rings is 3. The average molecular weight is 476 g/mol. The molecule has 0 unspecified atom stereocenters. The Morgan fingerprint density at radius 1 is 1.00 bits per heavy atom. The summed E-state index contributed by atoms with van der Waals surface area (Å²) in [4.78, 5) is 31.0. The Hall–Kier alpha value is -3.78. The van der Waals surface area contributed by atoms with E-state index in [0.29, 0.717) is 33.2 Å². The number of nitrogens with zero attached hydrogens (tertiary/aromatic N) is 2. The molecule has 1 aromatic heterocycles. The van der Waals surface area contributed by atoms with Gasteiger partial charge in [-0.15, -0.1) is 0 Å². The van der Waals surface area contributed by atoms with Gasteiger partial charge in [-0.2, -0.15) is 0 Å². The smallest absolute Gasteiger partial charge is 0.266 e. The van der Waals surface area contributed by atoms with Crippen LogP contribution >= 0.6 is 11.8 Å². The molecule has 0 aliphatic carbocycles. The van der Waals surface area contributed by atoms with Gasteiger partial charge in [-0.25, -0.2) is 4.98 Å². The van der Waals surface area contributed by atoms with Crippen molar-refractivity contribution in [2.45, 2.75) is 19.0 Å². The van der Waals surface area contributed by atoms with Gasteiger partial charge in [-0.1, -0.05) is 47.7 Å². The number of ether oxygens (including phenoxy) is 2. The summed E-state index contributed by atoms with van der Waals surface area (Å²) in [6, 6.07) is 18.4. The summed E-state index contributed by atoms with van der Waals surface area (Å²) in [6.45, 7) is 3.96. The Bertz CT molecular complexity index is 1420. The number of rotatable bonds is 7. The first kappa shape index (κ1) is 23.4. The SMILES string of the molecule is COc1cc2nc(SCC(=O)Nc3ccc(C)cc3C)n(-c3ccccc3)c(=O)c2cc1OC. The van der Waals surface area contributed by atoms with Crippen LogP contribution in [0, 0.1) is 13.8 Å². The van der Waals surface area contributed by atoms with Crippen molar-refractivity contribution in [3.63, 3.8) is 0 Å². The van der Waals surface area contributed by atoms with Crippen molar-refractivity contribution < 1.29 is 14.3 Å². The molecule has 1 N–H and O–H groups in total. The average Bonchev–Trinajstić information content (AvgIpc) is 2.84. The largest absolute Gasteiger partial charge is 0.493 e. The molecule has 174 valence electrons. The van der Waals surface area contributed by atoms with Gasteiger partial charge >= 0.3 is 0 Å². The minimum absolute atomic E-state index is 0.0887. The summed E-state index contributed by atoms with van der Waals surface area (Å²) in [5.74, 6) is 0.827. The van der Waals surface area contributed by atoms with Crippen molar-refractivity contribution in [2.24, 2.45) is 0 Å². The van der Waals surface area contributed by atoms with Gasteiger partial charge in [0.1, 0.15) is 0 Å². The predicted octanol–water partition coefficient (Wildman–Crippen LogP) is 4.75. The molecule has 4 rings (SSSR count). The monoisotopic (exact) mass is 475 g/mol. The summed E-state index contributed by atoms with van der Waals surface area (Å²) in [7, 11) is 3.05. The van der Waals surface area contributed by atoms with Gasteiger partial charge in [0, 0.05) is 11.8 Å². The number of thioether (sulfide) groups is 1. The first-order chi connectivity index (χ1) is 16.4. The van der Waals surface area contributed by atoms with Crippen LogP contribution in [0.1, 0.15) is 11.1 Å². The highest BCUT2D eigenvalue weighted by molar-refractivity contribution is 7.99. The maximum atomic E-state index is 13.5. The first-order valence-corrected chi connectivity index (χ1v) is 11.6. The lowest BCUT2D eigenvalue weighted by molar-refractivity contribution is -0.113. The molecule has 0 saturated heterocycles. The highest BCUT2D eigenvalue weighted by atomic mass is 32.2. The molecule has 0 aliphatic rings. The second-order valence-electron chi connectivity index (χ2n) is 7.75. The van der Waals surface area contributed by atoms with Crippen LogP contribution < -0.4 is 20.3 Å². The molecule has 3 aromatic carbocycles. The van der Waals surface area contributed by atoms with Crippen molar-refractivity contribution in [1.29, 1.82) is 0 Å². The fourth-order valence-corrected chi connectivity index (χ4v) is 4.48. The first-order valence-electron chi connectivity index (χ1n) is 10.7. The van der Waals surface area contributed by atoms with Crippen LogP contribution in [0.2, 0.25) is 0 Å². The second kappa shape index (κ2) is 10.0. The van der Waals surface area contributed by atoms with Gasteiger partial charge in [0.25, 0.3) is 5.56 Å². The third-order valence-corrected chi connectivity index (χ3v) is 6.28. The number of amides is 1. The van der Waals surface area contributed by atoms with E-state index in [1.807, 2.05) is 62.4 Å². The Morgan fingerprint density at radius 2 is 1.71 bits per heavy atom. The number of hydrogen-bond donors (Lipinski definition) is 1. The maximum Gasteiger partial charge on any atom is 0.266 e. The van der Waals surface area contributed by atoms with Gasteiger partial charge in [0.2, 0.25) is 5.91 Å². The normalized spacial score (nSPS) is 10.8. The van der Waals surface area contributed by atoms with Gasteiger partial charge in [0.05, 0.1) is 36.6 Å².